The predicted octanol–water partition coefficient (Wildman–Crippen LogP) is 2.89. The van der Waals surface area contributed by atoms with Gasteiger partial charge in [0.1, 0.15) is 0 Å². The maximum atomic E-state index is 12.2. The number of carbonyl (C=O) groups is 1. The first-order valence-electron chi connectivity index (χ1n) is 6.75. The van der Waals surface area contributed by atoms with Gasteiger partial charge in [-0.05, 0) is 31.7 Å². The van der Waals surface area contributed by atoms with E-state index >= 15 is 0 Å². The zero-order valence-electron chi connectivity index (χ0n) is 12.4. The Morgan fingerprint density at radius 3 is 2.63 bits per heavy atom. The molecule has 0 bridgehead atoms. The van der Waals surface area contributed by atoms with Crippen molar-refractivity contribution >= 4 is 16.6 Å². The van der Waals surface area contributed by atoms with Crippen LogP contribution in [0.3, 0.4) is 0 Å². The molecule has 0 fully saturated rings. The topological polar surface area (TPSA) is 39.1 Å². The summed E-state index contributed by atoms with van der Waals surface area (Å²) < 4.78 is 13.7. The lowest BCUT2D eigenvalue weighted by Gasteiger charge is -2.31. The minimum Gasteiger partial charge on any atom is -0.344 e. The van der Waals surface area contributed by atoms with E-state index in [1.165, 1.54) is 0 Å². The molecule has 1 aliphatic rings. The Morgan fingerprint density at radius 1 is 1.42 bits per heavy atom. The monoisotopic (exact) mass is 281 g/mol. The van der Waals surface area contributed by atoms with Crippen LogP contribution < -0.4 is 0 Å². The largest absolute Gasteiger partial charge is 0.344 e. The van der Waals surface area contributed by atoms with E-state index in [2.05, 4.69) is 25.3 Å². The molecule has 106 valence electrons. The van der Waals surface area contributed by atoms with Gasteiger partial charge in [-0.2, -0.15) is 0 Å². The number of aromatic nitrogens is 1. The van der Waals surface area contributed by atoms with Crippen LogP contribution in [0.2, 0.25) is 0 Å². The first-order valence-corrected chi connectivity index (χ1v) is 8.48. The van der Waals surface area contributed by atoms with Crippen molar-refractivity contribution < 1.29 is 9.00 Å². The van der Waals surface area contributed by atoms with E-state index in [0.29, 0.717) is 12.2 Å². The molecule has 0 aromatic carbocycles. The Morgan fingerprint density at radius 2 is 2.05 bits per heavy atom. The van der Waals surface area contributed by atoms with Crippen molar-refractivity contribution in [3.05, 3.63) is 23.0 Å². The van der Waals surface area contributed by atoms with Gasteiger partial charge in [0.15, 0.2) is 5.78 Å². The summed E-state index contributed by atoms with van der Waals surface area (Å²) in [6.07, 6.45) is 3.27. The number of aryl methyl sites for hydroxylation is 1. The minimum atomic E-state index is -0.823. The lowest BCUT2D eigenvalue weighted by molar-refractivity contribution is 0.0909. The molecular weight excluding hydrogens is 258 g/mol. The van der Waals surface area contributed by atoms with Crippen LogP contribution >= 0.6 is 0 Å². The highest BCUT2D eigenvalue weighted by Gasteiger charge is 2.34. The van der Waals surface area contributed by atoms with Crippen molar-refractivity contribution in [1.29, 1.82) is 0 Å². The van der Waals surface area contributed by atoms with Crippen LogP contribution in [0.25, 0.3) is 0 Å². The molecule has 0 saturated heterocycles. The smallest absolute Gasteiger partial charge is 0.165 e. The van der Waals surface area contributed by atoms with Crippen molar-refractivity contribution in [1.82, 2.24) is 4.57 Å². The number of Topliss-reactive ketones (excluding diaryl/α,β-unsaturated/α-hetero) is 1. The molecule has 0 saturated carbocycles. The third-order valence-corrected chi connectivity index (χ3v) is 4.79. The highest BCUT2D eigenvalue weighted by molar-refractivity contribution is 7.84. The molecule has 2 unspecified atom stereocenters. The number of carbonyl (C=O) groups excluding carboxylic acids is 1. The van der Waals surface area contributed by atoms with Crippen LogP contribution in [-0.2, 0) is 17.2 Å². The normalized spacial score (nSPS) is 21.0. The van der Waals surface area contributed by atoms with Gasteiger partial charge in [-0.3, -0.25) is 9.00 Å². The second kappa shape index (κ2) is 4.89. The molecule has 2 rings (SSSR count). The molecule has 0 radical (unpaired) electrons. The molecule has 0 aliphatic heterocycles. The average molecular weight is 281 g/mol. The van der Waals surface area contributed by atoms with Crippen LogP contribution in [-0.4, -0.2) is 26.6 Å². The van der Waals surface area contributed by atoms with Crippen molar-refractivity contribution in [3.8, 4) is 0 Å². The Hall–Kier alpha value is -0.900. The van der Waals surface area contributed by atoms with Crippen molar-refractivity contribution in [3.63, 3.8) is 0 Å². The average Bonchev–Trinajstić information content (AvgIpc) is 2.52. The second-order valence-corrected chi connectivity index (χ2v) is 8.03. The molecule has 0 spiro atoms. The maximum Gasteiger partial charge on any atom is 0.165 e. The molecule has 2 atom stereocenters. The first kappa shape index (κ1) is 14.5. The quantitative estimate of drug-likeness (QED) is 0.854. The molecular formula is C15H23NO2S. The first-order chi connectivity index (χ1) is 8.71. The summed E-state index contributed by atoms with van der Waals surface area (Å²) in [4.78, 5) is 12.2. The fraction of sp³-hybridized carbons (Fsp3) is 0.667. The molecule has 1 aromatic rings. The van der Waals surface area contributed by atoms with Crippen LogP contribution in [0.5, 0.6) is 0 Å². The Labute approximate surface area is 117 Å². The number of hydrogen-bond donors (Lipinski definition) is 0. The summed E-state index contributed by atoms with van der Waals surface area (Å²) >= 11 is 0. The van der Waals surface area contributed by atoms with Gasteiger partial charge < -0.3 is 4.57 Å². The Bertz CT molecular complexity index is 543. The number of fused-ring (bicyclic) bond motifs is 1. The van der Waals surface area contributed by atoms with Gasteiger partial charge >= 0.3 is 0 Å². The molecule has 4 heteroatoms. The van der Waals surface area contributed by atoms with Gasteiger partial charge in [0.25, 0.3) is 0 Å². The van der Waals surface area contributed by atoms with Crippen molar-refractivity contribution in [2.24, 2.45) is 5.41 Å². The summed E-state index contributed by atoms with van der Waals surface area (Å²) in [5, 5.41) is 0. The third-order valence-electron chi connectivity index (χ3n) is 3.84. The van der Waals surface area contributed by atoms with Gasteiger partial charge in [-0.1, -0.05) is 13.8 Å². The van der Waals surface area contributed by atoms with E-state index in [9.17, 15) is 9.00 Å². The highest BCUT2D eigenvalue weighted by Crippen LogP contribution is 2.37. The van der Waals surface area contributed by atoms with E-state index < -0.39 is 10.8 Å². The molecule has 19 heavy (non-hydrogen) atoms. The summed E-state index contributed by atoms with van der Waals surface area (Å²) in [6, 6.07) is 2.18. The lowest BCUT2D eigenvalue weighted by Crippen LogP contribution is -2.29. The number of ketones is 1. The summed E-state index contributed by atoms with van der Waals surface area (Å²) in [7, 11) is -0.823. The SMILES string of the molecule is Cc1cc2c(n1C(C)CS(C)=O)CC(C)(C)CC2=O. The van der Waals surface area contributed by atoms with Crippen molar-refractivity contribution in [2.45, 2.75) is 46.6 Å². The van der Waals surface area contributed by atoms with E-state index in [1.807, 2.05) is 13.0 Å². The van der Waals surface area contributed by atoms with Crippen LogP contribution in [0.15, 0.2) is 6.07 Å². The van der Waals surface area contributed by atoms with Crippen molar-refractivity contribution in [2.75, 3.05) is 12.0 Å². The van der Waals surface area contributed by atoms with Crippen LogP contribution in [0.1, 0.15) is 55.0 Å². The van der Waals surface area contributed by atoms with E-state index in [-0.39, 0.29) is 17.2 Å². The third kappa shape index (κ3) is 2.83. The van der Waals surface area contributed by atoms with Gasteiger partial charge in [0, 0.05) is 52.2 Å². The van der Waals surface area contributed by atoms with Crippen LogP contribution in [0, 0.1) is 12.3 Å². The fourth-order valence-electron chi connectivity index (χ4n) is 3.20. The van der Waals surface area contributed by atoms with Crippen LogP contribution in [0.4, 0.5) is 0 Å². The zero-order chi connectivity index (χ0) is 14.4. The maximum absolute atomic E-state index is 12.2. The number of rotatable bonds is 3. The predicted molar refractivity (Wildman–Crippen MR) is 79.2 cm³/mol. The van der Waals surface area contributed by atoms with Gasteiger partial charge in [0.2, 0.25) is 0 Å². The number of nitrogens with zero attached hydrogens (tertiary/aromatic N) is 1. The Balaban J connectivity index is 2.47. The lowest BCUT2D eigenvalue weighted by atomic mass is 9.76. The van der Waals surface area contributed by atoms with E-state index in [1.54, 1.807) is 6.26 Å². The zero-order valence-corrected chi connectivity index (χ0v) is 13.3. The van der Waals surface area contributed by atoms with E-state index in [0.717, 1.165) is 23.4 Å². The Kier molecular flexibility index (Phi) is 3.74. The second-order valence-electron chi connectivity index (χ2n) is 6.55. The molecule has 1 aromatic heterocycles. The number of hydrogen-bond acceptors (Lipinski definition) is 2. The summed E-state index contributed by atoms with van der Waals surface area (Å²) in [5.41, 5.74) is 3.15. The van der Waals surface area contributed by atoms with Gasteiger partial charge in [0.05, 0.1) is 0 Å². The van der Waals surface area contributed by atoms with E-state index in [4.69, 9.17) is 0 Å². The molecule has 1 heterocycles. The highest BCUT2D eigenvalue weighted by atomic mass is 32.2. The summed E-state index contributed by atoms with van der Waals surface area (Å²) in [6.45, 7) is 8.40. The molecule has 1 aliphatic carbocycles. The van der Waals surface area contributed by atoms with Gasteiger partial charge in [-0.25, -0.2) is 0 Å². The standard InChI is InChI=1S/C15H23NO2S/c1-10-6-12-13(7-15(3,4)8-14(12)17)16(10)11(2)9-19(5)18/h6,11H,7-9H2,1-5H3. The minimum absolute atomic E-state index is 0.0255. The van der Waals surface area contributed by atoms with Gasteiger partial charge in [-0.15, -0.1) is 0 Å². The molecule has 3 nitrogen and oxygen atoms in total. The molecule has 0 amide bonds. The summed E-state index contributed by atoms with van der Waals surface area (Å²) in [5.74, 6) is 0.884. The fourth-order valence-corrected chi connectivity index (χ4v) is 4.03. The molecule has 0 N–H and O–H groups in total.